The Morgan fingerprint density at radius 1 is 0.944 bits per heavy atom. The molecule has 2 N–H and O–H groups in total. The average Bonchev–Trinajstić information content (AvgIpc) is 3.34. The molecule has 1 aromatic carbocycles. The van der Waals surface area contributed by atoms with Crippen molar-refractivity contribution < 1.29 is 9.53 Å². The van der Waals surface area contributed by atoms with Gasteiger partial charge in [-0.25, -0.2) is 4.98 Å². The molecule has 186 valence electrons. The number of aromatic nitrogens is 4. The molecule has 0 spiro atoms. The molecule has 4 aromatic rings. The van der Waals surface area contributed by atoms with Crippen molar-refractivity contribution >= 4 is 34.0 Å². The molecule has 2 aliphatic heterocycles. The minimum Gasteiger partial charge on any atom is -0.378 e. The van der Waals surface area contributed by atoms with Gasteiger partial charge in [-0.1, -0.05) is 19.9 Å². The molecule has 2 fully saturated rings. The van der Waals surface area contributed by atoms with E-state index in [1.54, 1.807) is 6.20 Å². The third-order valence-electron chi connectivity index (χ3n) is 6.40. The Kier molecular flexibility index (Phi) is 7.08. The minimum absolute atomic E-state index is 0.276. The van der Waals surface area contributed by atoms with Crippen LogP contribution in [-0.2, 0) is 4.74 Å². The third-order valence-corrected chi connectivity index (χ3v) is 6.40. The lowest BCUT2D eigenvalue weighted by Crippen LogP contribution is -2.37. The Labute approximate surface area is 210 Å². The first-order valence-electron chi connectivity index (χ1n) is 12.5. The van der Waals surface area contributed by atoms with Crippen molar-refractivity contribution in [2.45, 2.75) is 20.3 Å². The molecule has 5 heterocycles. The zero-order valence-corrected chi connectivity index (χ0v) is 20.7. The van der Waals surface area contributed by atoms with E-state index in [1.807, 2.05) is 56.6 Å². The second-order valence-electron chi connectivity index (χ2n) is 8.56. The largest absolute Gasteiger partial charge is 0.378 e. The summed E-state index contributed by atoms with van der Waals surface area (Å²) in [6.07, 6.45) is 6.61. The van der Waals surface area contributed by atoms with Gasteiger partial charge in [0.15, 0.2) is 5.69 Å². The number of hydrogen-bond acceptors (Lipinski definition) is 7. The lowest BCUT2D eigenvalue weighted by atomic mass is 10.0. The normalized spacial score (nSPS) is 15.2. The number of hydrogen-bond donors (Lipinski definition) is 2. The van der Waals surface area contributed by atoms with E-state index in [1.165, 1.54) is 6.42 Å². The molecule has 0 aliphatic carbocycles. The van der Waals surface area contributed by atoms with Crippen LogP contribution >= 0.6 is 0 Å². The van der Waals surface area contributed by atoms with Gasteiger partial charge in [0.25, 0.3) is 5.91 Å². The molecule has 0 radical (unpaired) electrons. The highest BCUT2D eigenvalue weighted by molar-refractivity contribution is 6.11. The zero-order valence-electron chi connectivity index (χ0n) is 20.7. The molecule has 0 unspecified atom stereocenters. The number of nitrogens with one attached hydrogen (secondary N) is 2. The number of ether oxygens (including phenoxy) is 1. The Balaban J connectivity index is 0.00000130. The molecular formula is C27H31N7O2. The highest BCUT2D eigenvalue weighted by Crippen LogP contribution is 2.28. The van der Waals surface area contributed by atoms with Crippen LogP contribution in [-0.4, -0.2) is 65.5 Å². The fourth-order valence-corrected chi connectivity index (χ4v) is 4.33. The second kappa shape index (κ2) is 10.7. The number of fused-ring (bicyclic) bond motifs is 1. The van der Waals surface area contributed by atoms with Crippen molar-refractivity contribution in [2.75, 3.05) is 54.5 Å². The summed E-state index contributed by atoms with van der Waals surface area (Å²) < 4.78 is 5.46. The van der Waals surface area contributed by atoms with E-state index in [2.05, 4.69) is 41.3 Å². The van der Waals surface area contributed by atoms with Crippen LogP contribution in [0.5, 0.6) is 0 Å². The smallest absolute Gasteiger partial charge is 0.276 e. The fourth-order valence-electron chi connectivity index (χ4n) is 4.33. The monoisotopic (exact) mass is 485 g/mol. The van der Waals surface area contributed by atoms with Crippen molar-refractivity contribution in [2.24, 2.45) is 0 Å². The zero-order chi connectivity index (χ0) is 24.9. The van der Waals surface area contributed by atoms with Gasteiger partial charge in [0, 0.05) is 43.3 Å². The van der Waals surface area contributed by atoms with Crippen molar-refractivity contribution in [3.63, 3.8) is 0 Å². The number of rotatable bonds is 5. The van der Waals surface area contributed by atoms with Crippen LogP contribution in [0, 0.1) is 0 Å². The number of amides is 1. The Hall–Kier alpha value is -3.98. The molecule has 0 atom stereocenters. The second-order valence-corrected chi connectivity index (χ2v) is 8.56. The fraction of sp³-hybridized carbons (Fsp3) is 0.333. The number of H-pyrrole nitrogens is 1. The predicted molar refractivity (Wildman–Crippen MR) is 143 cm³/mol. The lowest BCUT2D eigenvalue weighted by molar-refractivity contribution is 0.102. The molecule has 0 saturated carbocycles. The summed E-state index contributed by atoms with van der Waals surface area (Å²) in [6.45, 7) is 9.21. The summed E-state index contributed by atoms with van der Waals surface area (Å²) in [7, 11) is 0. The highest BCUT2D eigenvalue weighted by atomic mass is 16.5. The van der Waals surface area contributed by atoms with Crippen LogP contribution in [0.2, 0.25) is 0 Å². The average molecular weight is 486 g/mol. The number of carbonyl (C=O) groups is 1. The third kappa shape index (κ3) is 4.87. The quantitative estimate of drug-likeness (QED) is 0.434. The lowest BCUT2D eigenvalue weighted by Gasteiger charge is -2.31. The summed E-state index contributed by atoms with van der Waals surface area (Å²) in [5.41, 5.74) is 4.83. The van der Waals surface area contributed by atoms with Crippen LogP contribution < -0.4 is 15.1 Å². The molecule has 6 rings (SSSR count). The molecule has 9 heteroatoms. The topological polar surface area (TPSA) is 99.3 Å². The van der Waals surface area contributed by atoms with E-state index < -0.39 is 0 Å². The van der Waals surface area contributed by atoms with Gasteiger partial charge >= 0.3 is 0 Å². The summed E-state index contributed by atoms with van der Waals surface area (Å²) in [5, 5.41) is 10.9. The van der Waals surface area contributed by atoms with E-state index in [4.69, 9.17) is 4.74 Å². The van der Waals surface area contributed by atoms with E-state index >= 15 is 0 Å². The summed E-state index contributed by atoms with van der Waals surface area (Å²) in [4.78, 5) is 26.4. The van der Waals surface area contributed by atoms with Crippen molar-refractivity contribution in [3.8, 4) is 11.1 Å². The van der Waals surface area contributed by atoms with Crippen LogP contribution in [0.25, 0.3) is 22.0 Å². The molecule has 2 aliphatic rings. The Bertz CT molecular complexity index is 1330. The van der Waals surface area contributed by atoms with Gasteiger partial charge in [-0.15, -0.1) is 0 Å². The molecular weight excluding hydrogens is 454 g/mol. The summed E-state index contributed by atoms with van der Waals surface area (Å²) in [5.74, 6) is 0.661. The predicted octanol–water partition coefficient (Wildman–Crippen LogP) is 4.35. The van der Waals surface area contributed by atoms with E-state index in [0.29, 0.717) is 11.4 Å². The van der Waals surface area contributed by atoms with E-state index in [9.17, 15) is 4.79 Å². The standard InChI is InChI=1S/C25H25N7O2.C2H6/c33-25(28-19-3-5-23(27-15-19)32-6-1-7-32)24-21-13-17(2-4-22(21)29-30-24)18-12-20(16-26-14-18)31-8-10-34-11-9-31;1-2/h2-5,12-16H,1,6-11H2,(H,28,33)(H,29,30);1-2H3. The van der Waals surface area contributed by atoms with Gasteiger partial charge in [0.1, 0.15) is 5.82 Å². The maximum atomic E-state index is 13.0. The number of nitrogens with zero attached hydrogens (tertiary/aromatic N) is 5. The van der Waals surface area contributed by atoms with E-state index in [-0.39, 0.29) is 5.91 Å². The number of benzene rings is 1. The minimum atomic E-state index is -0.276. The van der Waals surface area contributed by atoms with Gasteiger partial charge in [-0.2, -0.15) is 5.10 Å². The van der Waals surface area contributed by atoms with Gasteiger partial charge in [0.05, 0.1) is 42.5 Å². The van der Waals surface area contributed by atoms with Crippen LogP contribution in [0.4, 0.5) is 17.2 Å². The summed E-state index contributed by atoms with van der Waals surface area (Å²) in [6, 6.07) is 11.9. The molecule has 36 heavy (non-hydrogen) atoms. The molecule has 0 bridgehead atoms. The first kappa shape index (κ1) is 23.7. The Morgan fingerprint density at radius 3 is 2.50 bits per heavy atom. The van der Waals surface area contributed by atoms with Gasteiger partial charge in [-0.3, -0.25) is 14.9 Å². The van der Waals surface area contributed by atoms with Gasteiger partial charge in [-0.05, 0) is 42.3 Å². The highest BCUT2D eigenvalue weighted by Gasteiger charge is 2.18. The number of morpholine rings is 1. The van der Waals surface area contributed by atoms with Crippen molar-refractivity contribution in [3.05, 3.63) is 60.7 Å². The van der Waals surface area contributed by atoms with Crippen LogP contribution in [0.1, 0.15) is 30.8 Å². The summed E-state index contributed by atoms with van der Waals surface area (Å²) >= 11 is 0. The van der Waals surface area contributed by atoms with Gasteiger partial charge < -0.3 is 19.9 Å². The van der Waals surface area contributed by atoms with Crippen molar-refractivity contribution in [1.29, 1.82) is 0 Å². The van der Waals surface area contributed by atoms with E-state index in [0.717, 1.165) is 72.9 Å². The number of anilines is 3. The number of pyridine rings is 2. The van der Waals surface area contributed by atoms with Crippen LogP contribution in [0.15, 0.2) is 55.0 Å². The molecule has 3 aromatic heterocycles. The first-order chi connectivity index (χ1) is 17.7. The maximum absolute atomic E-state index is 13.0. The number of carbonyl (C=O) groups excluding carboxylic acids is 1. The molecule has 9 nitrogen and oxygen atoms in total. The van der Waals surface area contributed by atoms with Gasteiger partial charge in [0.2, 0.25) is 0 Å². The SMILES string of the molecule is CC.O=C(Nc1ccc(N2CCC2)nc1)c1n[nH]c2ccc(-c3cncc(N4CCOCC4)c3)cc12. The molecule has 2 saturated heterocycles. The maximum Gasteiger partial charge on any atom is 0.276 e. The van der Waals surface area contributed by atoms with Crippen LogP contribution in [0.3, 0.4) is 0 Å². The number of aromatic amines is 1. The van der Waals surface area contributed by atoms with Crippen molar-refractivity contribution in [1.82, 2.24) is 20.2 Å². The first-order valence-corrected chi connectivity index (χ1v) is 12.5. The molecule has 1 amide bonds. The Morgan fingerprint density at radius 2 is 1.78 bits per heavy atom.